The molecule has 0 aliphatic heterocycles. The molecule has 2 aromatic rings. The highest BCUT2D eigenvalue weighted by Gasteiger charge is 2.19. The van der Waals surface area contributed by atoms with Crippen LogP contribution in [0.25, 0.3) is 0 Å². The van der Waals surface area contributed by atoms with E-state index >= 15 is 0 Å². The van der Waals surface area contributed by atoms with Gasteiger partial charge in [0.15, 0.2) is 0 Å². The number of likely N-dealkylation sites (N-methyl/N-ethyl adjacent to an activating group) is 1. The summed E-state index contributed by atoms with van der Waals surface area (Å²) in [7, 11) is 3.42. The lowest BCUT2D eigenvalue weighted by Gasteiger charge is -2.26. The summed E-state index contributed by atoms with van der Waals surface area (Å²) in [4.78, 5) is 14.3. The molecule has 0 bridgehead atoms. The molecular weight excluding hydrogens is 298 g/mol. The first-order chi connectivity index (χ1) is 10.5. The molecule has 116 valence electrons. The van der Waals surface area contributed by atoms with Gasteiger partial charge in [-0.25, -0.2) is 0 Å². The second-order valence-electron chi connectivity index (χ2n) is 5.22. The smallest absolute Gasteiger partial charge is 0.227 e. The van der Waals surface area contributed by atoms with Crippen molar-refractivity contribution >= 4 is 17.5 Å². The molecule has 0 spiro atoms. The van der Waals surface area contributed by atoms with Crippen molar-refractivity contribution in [3.05, 3.63) is 64.7 Å². The second kappa shape index (κ2) is 7.32. The number of benzene rings is 2. The molecule has 0 aliphatic rings. The van der Waals surface area contributed by atoms with Crippen LogP contribution in [-0.2, 0) is 11.2 Å². The van der Waals surface area contributed by atoms with Crippen LogP contribution in [0.15, 0.2) is 48.5 Å². The number of hydrogen-bond acceptors (Lipinski definition) is 2. The third kappa shape index (κ3) is 3.80. The molecule has 3 nitrogen and oxygen atoms in total. The minimum Gasteiger partial charge on any atom is -0.496 e. The van der Waals surface area contributed by atoms with Crippen LogP contribution in [0.4, 0.5) is 0 Å². The van der Waals surface area contributed by atoms with Crippen molar-refractivity contribution in [2.24, 2.45) is 0 Å². The maximum Gasteiger partial charge on any atom is 0.227 e. The molecule has 1 unspecified atom stereocenters. The Morgan fingerprint density at radius 2 is 1.95 bits per heavy atom. The predicted octanol–water partition coefficient (Wildman–Crippen LogP) is 4.11. The van der Waals surface area contributed by atoms with Crippen LogP contribution in [0.5, 0.6) is 5.75 Å². The van der Waals surface area contributed by atoms with Crippen LogP contribution in [0.1, 0.15) is 24.1 Å². The van der Waals surface area contributed by atoms with Crippen molar-refractivity contribution in [3.8, 4) is 5.75 Å². The summed E-state index contributed by atoms with van der Waals surface area (Å²) >= 11 is 6.02. The van der Waals surface area contributed by atoms with Crippen LogP contribution in [0.3, 0.4) is 0 Å². The van der Waals surface area contributed by atoms with E-state index in [-0.39, 0.29) is 11.9 Å². The first-order valence-corrected chi connectivity index (χ1v) is 7.53. The van der Waals surface area contributed by atoms with Crippen LogP contribution in [-0.4, -0.2) is 25.0 Å². The Balaban J connectivity index is 2.12. The zero-order valence-electron chi connectivity index (χ0n) is 13.0. The normalized spacial score (nSPS) is 11.8. The summed E-state index contributed by atoms with van der Waals surface area (Å²) in [6, 6.07) is 15.1. The van der Waals surface area contributed by atoms with Crippen LogP contribution >= 0.6 is 11.6 Å². The van der Waals surface area contributed by atoms with Crippen molar-refractivity contribution in [3.63, 3.8) is 0 Å². The zero-order valence-corrected chi connectivity index (χ0v) is 13.8. The Morgan fingerprint density at radius 1 is 1.23 bits per heavy atom. The molecule has 22 heavy (non-hydrogen) atoms. The van der Waals surface area contributed by atoms with Gasteiger partial charge in [0.1, 0.15) is 5.75 Å². The van der Waals surface area contributed by atoms with E-state index in [1.54, 1.807) is 12.0 Å². The third-order valence-corrected chi connectivity index (χ3v) is 4.07. The van der Waals surface area contributed by atoms with Gasteiger partial charge < -0.3 is 9.64 Å². The van der Waals surface area contributed by atoms with E-state index in [1.165, 1.54) is 0 Å². The first kappa shape index (κ1) is 16.4. The minimum atomic E-state index is -0.0408. The zero-order chi connectivity index (χ0) is 16.1. The number of nitrogens with zero attached hydrogens (tertiary/aromatic N) is 1. The van der Waals surface area contributed by atoms with E-state index in [2.05, 4.69) is 0 Å². The van der Waals surface area contributed by atoms with E-state index in [0.717, 1.165) is 16.9 Å². The Hall–Kier alpha value is -2.00. The maximum atomic E-state index is 12.5. The van der Waals surface area contributed by atoms with Gasteiger partial charge in [-0.15, -0.1) is 0 Å². The van der Waals surface area contributed by atoms with Gasteiger partial charge >= 0.3 is 0 Å². The van der Waals surface area contributed by atoms with Crippen LogP contribution in [0.2, 0.25) is 5.02 Å². The average molecular weight is 318 g/mol. The van der Waals surface area contributed by atoms with Crippen molar-refractivity contribution in [2.75, 3.05) is 14.2 Å². The molecule has 0 fully saturated rings. The summed E-state index contributed by atoms with van der Waals surface area (Å²) in [5.74, 6) is 0.775. The lowest BCUT2D eigenvalue weighted by Crippen LogP contribution is -2.31. The molecule has 0 saturated heterocycles. The van der Waals surface area contributed by atoms with Gasteiger partial charge in [-0.1, -0.05) is 41.9 Å². The van der Waals surface area contributed by atoms with Crippen molar-refractivity contribution < 1.29 is 9.53 Å². The standard InChI is InChI=1S/C18H20ClNO2/c1-13(14-8-6-9-16(19)11-14)20(2)18(21)12-15-7-4-5-10-17(15)22-3/h4-11,13H,12H2,1-3H3. The van der Waals surface area contributed by atoms with E-state index in [0.29, 0.717) is 11.4 Å². The molecule has 2 aromatic carbocycles. The van der Waals surface area contributed by atoms with Gasteiger partial charge in [0.25, 0.3) is 0 Å². The summed E-state index contributed by atoms with van der Waals surface area (Å²) in [5, 5.41) is 0.676. The molecule has 2 rings (SSSR count). The summed E-state index contributed by atoms with van der Waals surface area (Å²) in [6.45, 7) is 1.99. The Bertz CT molecular complexity index is 657. The van der Waals surface area contributed by atoms with E-state index < -0.39 is 0 Å². The Morgan fingerprint density at radius 3 is 2.64 bits per heavy atom. The fourth-order valence-corrected chi connectivity index (χ4v) is 2.54. The van der Waals surface area contributed by atoms with Gasteiger partial charge in [-0.2, -0.15) is 0 Å². The largest absolute Gasteiger partial charge is 0.496 e. The minimum absolute atomic E-state index is 0.0389. The van der Waals surface area contributed by atoms with Crippen molar-refractivity contribution in [1.82, 2.24) is 4.90 Å². The molecule has 0 aromatic heterocycles. The van der Waals surface area contributed by atoms with Gasteiger partial charge in [-0.3, -0.25) is 4.79 Å². The number of ether oxygens (including phenoxy) is 1. The number of amides is 1. The monoisotopic (exact) mass is 317 g/mol. The number of methoxy groups -OCH3 is 1. The van der Waals surface area contributed by atoms with Gasteiger partial charge in [0.2, 0.25) is 5.91 Å². The van der Waals surface area contributed by atoms with E-state index in [9.17, 15) is 4.79 Å². The van der Waals surface area contributed by atoms with Gasteiger partial charge in [0.05, 0.1) is 19.6 Å². The molecule has 1 amide bonds. The Labute approximate surface area is 136 Å². The van der Waals surface area contributed by atoms with Gasteiger partial charge in [0, 0.05) is 17.6 Å². The molecular formula is C18H20ClNO2. The second-order valence-corrected chi connectivity index (χ2v) is 5.66. The first-order valence-electron chi connectivity index (χ1n) is 7.16. The average Bonchev–Trinajstić information content (AvgIpc) is 2.54. The number of carbonyl (C=O) groups excluding carboxylic acids is 1. The molecule has 0 N–H and O–H groups in total. The summed E-state index contributed by atoms with van der Waals surface area (Å²) < 4.78 is 5.30. The lowest BCUT2D eigenvalue weighted by molar-refractivity contribution is -0.131. The molecule has 4 heteroatoms. The number of carbonyl (C=O) groups is 1. The van der Waals surface area contributed by atoms with Crippen molar-refractivity contribution in [2.45, 2.75) is 19.4 Å². The molecule has 0 radical (unpaired) electrons. The number of halogens is 1. The van der Waals surface area contributed by atoms with E-state index in [4.69, 9.17) is 16.3 Å². The SMILES string of the molecule is COc1ccccc1CC(=O)N(C)C(C)c1cccc(Cl)c1. The fourth-order valence-electron chi connectivity index (χ4n) is 2.34. The number of para-hydroxylation sites is 1. The van der Waals surface area contributed by atoms with Crippen LogP contribution < -0.4 is 4.74 Å². The highest BCUT2D eigenvalue weighted by molar-refractivity contribution is 6.30. The highest BCUT2D eigenvalue weighted by Crippen LogP contribution is 2.24. The summed E-state index contributed by atoms with van der Waals surface area (Å²) in [5.41, 5.74) is 1.91. The summed E-state index contributed by atoms with van der Waals surface area (Å²) in [6.07, 6.45) is 0.311. The maximum absolute atomic E-state index is 12.5. The van der Waals surface area contributed by atoms with Gasteiger partial charge in [-0.05, 0) is 30.7 Å². The van der Waals surface area contributed by atoms with Crippen molar-refractivity contribution in [1.29, 1.82) is 0 Å². The molecule has 0 aliphatic carbocycles. The Kier molecular flexibility index (Phi) is 5.45. The number of hydrogen-bond donors (Lipinski definition) is 0. The number of rotatable bonds is 5. The quantitative estimate of drug-likeness (QED) is 0.830. The predicted molar refractivity (Wildman–Crippen MR) is 89.3 cm³/mol. The fraction of sp³-hybridized carbons (Fsp3) is 0.278. The molecule has 1 atom stereocenters. The van der Waals surface area contributed by atoms with E-state index in [1.807, 2.05) is 62.5 Å². The molecule has 0 saturated carbocycles. The third-order valence-electron chi connectivity index (χ3n) is 3.84. The topological polar surface area (TPSA) is 29.5 Å². The van der Waals surface area contributed by atoms with Crippen LogP contribution in [0, 0.1) is 0 Å². The molecule has 0 heterocycles. The lowest BCUT2D eigenvalue weighted by atomic mass is 10.1. The highest BCUT2D eigenvalue weighted by atomic mass is 35.5.